The summed E-state index contributed by atoms with van der Waals surface area (Å²) in [5.41, 5.74) is 0. The number of nitrogens with one attached hydrogen (secondary N) is 1. The Hall–Kier alpha value is -1.47. The second-order valence-corrected chi connectivity index (χ2v) is 4.14. The molecule has 0 radical (unpaired) electrons. The highest BCUT2D eigenvalue weighted by atomic mass is 16.5. The second-order valence-electron chi connectivity index (χ2n) is 4.14. The first-order valence-electron chi connectivity index (χ1n) is 6.31. The van der Waals surface area contributed by atoms with Crippen molar-refractivity contribution in [2.24, 2.45) is 0 Å². The van der Waals surface area contributed by atoms with Crippen molar-refractivity contribution in [1.82, 2.24) is 10.2 Å². The average Bonchev–Trinajstić information content (AvgIpc) is 2.71. The first-order chi connectivity index (χ1) is 9.15. The predicted molar refractivity (Wildman–Crippen MR) is 66.3 cm³/mol. The van der Waals surface area contributed by atoms with Crippen LogP contribution in [-0.4, -0.2) is 62.6 Å². The van der Waals surface area contributed by atoms with Crippen LogP contribution < -0.4 is 5.32 Å². The minimum Gasteiger partial charge on any atom is -0.382 e. The van der Waals surface area contributed by atoms with Gasteiger partial charge < -0.3 is 14.8 Å². The van der Waals surface area contributed by atoms with Gasteiger partial charge in [0.25, 0.3) is 0 Å². The summed E-state index contributed by atoms with van der Waals surface area (Å²) >= 11 is 0. The summed E-state index contributed by atoms with van der Waals surface area (Å²) in [7, 11) is 1.59. The number of hydrogen-bond donors (Lipinski definition) is 1. The van der Waals surface area contributed by atoms with Crippen LogP contribution in [0.25, 0.3) is 0 Å². The molecule has 0 aromatic carbocycles. The molecule has 0 bridgehead atoms. The second kappa shape index (κ2) is 8.60. The zero-order valence-electron chi connectivity index (χ0n) is 11.1. The fraction of sp³-hybridized carbons (Fsp3) is 0.750. The van der Waals surface area contributed by atoms with Gasteiger partial charge in [0.2, 0.25) is 17.7 Å². The van der Waals surface area contributed by atoms with E-state index in [0.717, 1.165) is 4.90 Å². The van der Waals surface area contributed by atoms with Crippen LogP contribution in [-0.2, 0) is 23.9 Å². The molecule has 1 saturated heterocycles. The minimum atomic E-state index is -0.194. The molecule has 7 nitrogen and oxygen atoms in total. The first kappa shape index (κ1) is 15.6. The molecular weight excluding hydrogens is 252 g/mol. The molecule has 1 N–H and O–H groups in total. The number of carbonyl (C=O) groups excluding carboxylic acids is 3. The lowest BCUT2D eigenvalue weighted by atomic mass is 10.3. The smallest absolute Gasteiger partial charge is 0.229 e. The molecule has 1 rings (SSSR count). The molecule has 0 saturated carbocycles. The van der Waals surface area contributed by atoms with Crippen molar-refractivity contribution in [3.63, 3.8) is 0 Å². The largest absolute Gasteiger partial charge is 0.382 e. The number of nitrogens with zero attached hydrogens (tertiary/aromatic N) is 1. The number of hydrogen-bond acceptors (Lipinski definition) is 5. The maximum Gasteiger partial charge on any atom is 0.229 e. The van der Waals surface area contributed by atoms with Crippen molar-refractivity contribution in [3.05, 3.63) is 0 Å². The number of likely N-dealkylation sites (tertiary alicyclic amines) is 1. The van der Waals surface area contributed by atoms with Crippen molar-refractivity contribution in [2.75, 3.05) is 40.0 Å². The SMILES string of the molecule is COCCOCCNC(=O)CCN1C(=O)CCC1=O. The quantitative estimate of drug-likeness (QED) is 0.443. The molecule has 108 valence electrons. The third kappa shape index (κ3) is 5.80. The number of ether oxygens (including phenoxy) is 2. The molecule has 0 aromatic rings. The Kier molecular flexibility index (Phi) is 7.06. The van der Waals surface area contributed by atoms with Crippen molar-refractivity contribution in [3.8, 4) is 0 Å². The third-order valence-electron chi connectivity index (χ3n) is 2.72. The maximum atomic E-state index is 11.5. The van der Waals surface area contributed by atoms with Crippen molar-refractivity contribution in [2.45, 2.75) is 19.3 Å². The first-order valence-corrected chi connectivity index (χ1v) is 6.31. The van der Waals surface area contributed by atoms with Gasteiger partial charge in [-0.15, -0.1) is 0 Å². The van der Waals surface area contributed by atoms with Gasteiger partial charge in [-0.25, -0.2) is 0 Å². The van der Waals surface area contributed by atoms with Crippen molar-refractivity contribution in [1.29, 1.82) is 0 Å². The van der Waals surface area contributed by atoms with Crippen LogP contribution in [0, 0.1) is 0 Å². The van der Waals surface area contributed by atoms with E-state index in [1.807, 2.05) is 0 Å². The lowest BCUT2D eigenvalue weighted by Gasteiger charge is -2.13. The van der Waals surface area contributed by atoms with Crippen LogP contribution >= 0.6 is 0 Å². The maximum absolute atomic E-state index is 11.5. The molecule has 1 heterocycles. The van der Waals surface area contributed by atoms with Crippen molar-refractivity contribution < 1.29 is 23.9 Å². The summed E-state index contributed by atoms with van der Waals surface area (Å²) in [6.45, 7) is 1.99. The Morgan fingerprint density at radius 1 is 1.21 bits per heavy atom. The standard InChI is InChI=1S/C12H20N2O5/c1-18-8-9-19-7-5-13-10(15)4-6-14-11(16)2-3-12(14)17/h2-9H2,1H3,(H,13,15). The van der Waals surface area contributed by atoms with Gasteiger partial charge >= 0.3 is 0 Å². The number of carbonyl (C=O) groups is 3. The van der Waals surface area contributed by atoms with Gasteiger partial charge in [0, 0.05) is 39.5 Å². The Morgan fingerprint density at radius 2 is 1.89 bits per heavy atom. The van der Waals surface area contributed by atoms with E-state index in [4.69, 9.17) is 9.47 Å². The van der Waals surface area contributed by atoms with Gasteiger partial charge in [-0.2, -0.15) is 0 Å². The molecule has 3 amide bonds. The number of imide groups is 1. The van der Waals surface area contributed by atoms with Crippen molar-refractivity contribution >= 4 is 17.7 Å². The molecule has 7 heteroatoms. The molecule has 0 aliphatic carbocycles. The average molecular weight is 272 g/mol. The molecule has 0 aromatic heterocycles. The minimum absolute atomic E-state index is 0.134. The fourth-order valence-corrected chi connectivity index (χ4v) is 1.68. The highest BCUT2D eigenvalue weighted by Gasteiger charge is 2.28. The lowest BCUT2D eigenvalue weighted by molar-refractivity contribution is -0.138. The van der Waals surface area contributed by atoms with E-state index in [1.54, 1.807) is 7.11 Å². The Balaban J connectivity index is 2.05. The van der Waals surface area contributed by atoms with Crippen LogP contribution in [0.15, 0.2) is 0 Å². The van der Waals surface area contributed by atoms with Gasteiger partial charge in [-0.1, -0.05) is 0 Å². The molecular formula is C12H20N2O5. The highest BCUT2D eigenvalue weighted by Crippen LogP contribution is 2.11. The van der Waals surface area contributed by atoms with E-state index in [-0.39, 0.29) is 43.5 Å². The molecule has 0 spiro atoms. The summed E-state index contributed by atoms with van der Waals surface area (Å²) in [5.74, 6) is -0.579. The van der Waals surface area contributed by atoms with Crippen LogP contribution in [0.2, 0.25) is 0 Å². The van der Waals surface area contributed by atoms with Crippen LogP contribution in [0.1, 0.15) is 19.3 Å². The number of methoxy groups -OCH3 is 1. The predicted octanol–water partition coefficient (Wildman–Crippen LogP) is -0.695. The third-order valence-corrected chi connectivity index (χ3v) is 2.72. The lowest BCUT2D eigenvalue weighted by Crippen LogP contribution is -2.35. The monoisotopic (exact) mass is 272 g/mol. The number of rotatable bonds is 9. The zero-order chi connectivity index (χ0) is 14.1. The van der Waals surface area contributed by atoms with Gasteiger partial charge in [0.15, 0.2) is 0 Å². The van der Waals surface area contributed by atoms with Gasteiger partial charge in [0.1, 0.15) is 0 Å². The van der Waals surface area contributed by atoms with E-state index in [0.29, 0.717) is 26.4 Å². The topological polar surface area (TPSA) is 84.9 Å². The fourth-order valence-electron chi connectivity index (χ4n) is 1.68. The zero-order valence-corrected chi connectivity index (χ0v) is 11.1. The molecule has 1 fully saturated rings. The molecule has 1 aliphatic rings. The normalized spacial score (nSPS) is 15.1. The van der Waals surface area contributed by atoms with Gasteiger partial charge in [-0.3, -0.25) is 19.3 Å². The molecule has 19 heavy (non-hydrogen) atoms. The summed E-state index contributed by atoms with van der Waals surface area (Å²) in [6, 6.07) is 0. The van der Waals surface area contributed by atoms with E-state index in [1.165, 1.54) is 0 Å². The molecule has 0 atom stereocenters. The van der Waals surface area contributed by atoms with E-state index >= 15 is 0 Å². The summed E-state index contributed by atoms with van der Waals surface area (Å²) in [4.78, 5) is 35.2. The van der Waals surface area contributed by atoms with E-state index in [2.05, 4.69) is 5.32 Å². The van der Waals surface area contributed by atoms with Crippen LogP contribution in [0.4, 0.5) is 0 Å². The van der Waals surface area contributed by atoms with Crippen LogP contribution in [0.5, 0.6) is 0 Å². The van der Waals surface area contributed by atoms with E-state index in [9.17, 15) is 14.4 Å². The Morgan fingerprint density at radius 3 is 2.53 bits per heavy atom. The van der Waals surface area contributed by atoms with Gasteiger partial charge in [0.05, 0.1) is 19.8 Å². The summed E-state index contributed by atoms with van der Waals surface area (Å²) in [6.07, 6.45) is 0.650. The van der Waals surface area contributed by atoms with Crippen LogP contribution in [0.3, 0.4) is 0 Å². The van der Waals surface area contributed by atoms with E-state index < -0.39 is 0 Å². The summed E-state index contributed by atoms with van der Waals surface area (Å²) < 4.78 is 9.98. The molecule has 0 unspecified atom stereocenters. The highest BCUT2D eigenvalue weighted by molar-refractivity contribution is 6.02. The number of amides is 3. The van der Waals surface area contributed by atoms with Gasteiger partial charge in [-0.05, 0) is 0 Å². The summed E-state index contributed by atoms with van der Waals surface area (Å²) in [5, 5.41) is 2.66. The molecule has 1 aliphatic heterocycles. The Labute approximate surface area is 112 Å². The Bertz CT molecular complexity index is 316.